The second-order valence-corrected chi connectivity index (χ2v) is 7.28. The number of amides is 1. The number of carbonyl (C=O) groups excluding carboxylic acids is 1. The van der Waals surface area contributed by atoms with Crippen LogP contribution in [0.15, 0.2) is 41.6 Å². The Morgan fingerprint density at radius 2 is 1.89 bits per heavy atom. The monoisotopic (exact) mass is 430 g/mol. The van der Waals surface area contributed by atoms with Gasteiger partial charge < -0.3 is 10.2 Å². The Hall–Kier alpha value is -2.25. The minimum absolute atomic E-state index is 0.0110. The van der Waals surface area contributed by atoms with Gasteiger partial charge in [-0.05, 0) is 30.7 Å². The van der Waals surface area contributed by atoms with Crippen molar-refractivity contribution in [3.05, 3.63) is 63.1 Å². The average Bonchev–Trinajstić information content (AvgIpc) is 3.05. The summed E-state index contributed by atoms with van der Waals surface area (Å²) < 4.78 is 42.0. The van der Waals surface area contributed by atoms with Crippen LogP contribution in [-0.4, -0.2) is 17.8 Å². The van der Waals surface area contributed by atoms with Crippen molar-refractivity contribution < 1.29 is 22.8 Å². The van der Waals surface area contributed by atoms with Crippen molar-refractivity contribution in [2.45, 2.75) is 32.0 Å². The van der Waals surface area contributed by atoms with E-state index in [1.807, 2.05) is 0 Å². The van der Waals surface area contributed by atoms with Crippen LogP contribution in [-0.2, 0) is 15.2 Å². The number of aryl methyl sites for hydroxylation is 1. The quantitative estimate of drug-likeness (QED) is 0.664. The molecule has 2 aromatic rings. The number of carbonyl (C=O) groups is 1. The van der Waals surface area contributed by atoms with Crippen molar-refractivity contribution in [2.24, 2.45) is 5.16 Å². The molecule has 3 rings (SSSR count). The first kappa shape index (κ1) is 20.5. The van der Waals surface area contributed by atoms with E-state index in [-0.39, 0.29) is 27.2 Å². The first-order chi connectivity index (χ1) is 13.0. The molecule has 0 fully saturated rings. The Labute approximate surface area is 169 Å². The number of nitrogens with zero attached hydrogens (tertiary/aromatic N) is 1. The minimum atomic E-state index is -4.75. The van der Waals surface area contributed by atoms with E-state index in [0.717, 1.165) is 11.6 Å². The lowest BCUT2D eigenvalue weighted by Crippen LogP contribution is -2.42. The molecule has 28 heavy (non-hydrogen) atoms. The summed E-state index contributed by atoms with van der Waals surface area (Å²) in [7, 11) is 0. The molecular weight excluding hydrogens is 416 g/mol. The van der Waals surface area contributed by atoms with E-state index < -0.39 is 18.2 Å². The number of hydrogen-bond donors (Lipinski definition) is 1. The fourth-order valence-corrected chi connectivity index (χ4v) is 3.23. The molecule has 1 aliphatic heterocycles. The van der Waals surface area contributed by atoms with Gasteiger partial charge in [0.25, 0.3) is 5.60 Å². The van der Waals surface area contributed by atoms with Crippen molar-refractivity contribution in [3.63, 3.8) is 0 Å². The van der Waals surface area contributed by atoms with Gasteiger partial charge in [0.15, 0.2) is 0 Å². The number of hydrogen-bond acceptors (Lipinski definition) is 3. The molecule has 1 unspecified atom stereocenters. The van der Waals surface area contributed by atoms with Gasteiger partial charge in [0.05, 0.1) is 15.8 Å². The summed E-state index contributed by atoms with van der Waals surface area (Å²) >= 11 is 11.7. The van der Waals surface area contributed by atoms with E-state index in [4.69, 9.17) is 28.0 Å². The van der Waals surface area contributed by atoms with Crippen molar-refractivity contribution in [1.82, 2.24) is 0 Å². The maximum absolute atomic E-state index is 14.0. The average molecular weight is 431 g/mol. The van der Waals surface area contributed by atoms with Crippen LogP contribution in [0.2, 0.25) is 10.0 Å². The lowest BCUT2D eigenvalue weighted by Gasteiger charge is -2.29. The van der Waals surface area contributed by atoms with Crippen LogP contribution >= 0.6 is 23.2 Å². The van der Waals surface area contributed by atoms with Gasteiger partial charge in [0.2, 0.25) is 5.91 Å². The van der Waals surface area contributed by atoms with Gasteiger partial charge in [-0.1, -0.05) is 46.6 Å². The molecule has 1 aliphatic rings. The highest BCUT2D eigenvalue weighted by molar-refractivity contribution is 6.42. The number of benzene rings is 2. The standard InChI is InChI=1S/C19H15Cl2F3N2O2/c1-10-3-4-12(7-16(10)25-11(2)27)17-9-18(28-26-17,19(22,23)24)13-5-6-14(20)15(21)8-13/h3-8H,9H2,1-2H3,(H,25,27). The largest absolute Gasteiger partial charge is 0.435 e. The zero-order valence-corrected chi connectivity index (χ0v) is 16.3. The SMILES string of the molecule is CC(=O)Nc1cc(C2=NOC(c3ccc(Cl)c(Cl)c3)(C(F)(F)F)C2)ccc1C. The van der Waals surface area contributed by atoms with Crippen molar-refractivity contribution in [2.75, 3.05) is 5.32 Å². The Morgan fingerprint density at radius 1 is 1.18 bits per heavy atom. The highest BCUT2D eigenvalue weighted by Gasteiger charge is 2.62. The number of anilines is 1. The van der Waals surface area contributed by atoms with E-state index in [9.17, 15) is 18.0 Å². The minimum Gasteiger partial charge on any atom is -0.374 e. The van der Waals surface area contributed by atoms with Gasteiger partial charge in [0, 0.05) is 30.2 Å². The van der Waals surface area contributed by atoms with Crippen LogP contribution in [0.3, 0.4) is 0 Å². The lowest BCUT2D eigenvalue weighted by atomic mass is 9.86. The van der Waals surface area contributed by atoms with E-state index in [1.54, 1.807) is 25.1 Å². The molecule has 1 heterocycles. The van der Waals surface area contributed by atoms with Crippen molar-refractivity contribution in [1.29, 1.82) is 0 Å². The summed E-state index contributed by atoms with van der Waals surface area (Å²) in [6.45, 7) is 3.12. The maximum atomic E-state index is 14.0. The van der Waals surface area contributed by atoms with Gasteiger partial charge in [0.1, 0.15) is 0 Å². The number of alkyl halides is 3. The third-order valence-electron chi connectivity index (χ3n) is 4.45. The predicted octanol–water partition coefficient (Wildman–Crippen LogP) is 5.84. The Kier molecular flexibility index (Phi) is 5.34. The highest BCUT2D eigenvalue weighted by atomic mass is 35.5. The molecule has 4 nitrogen and oxygen atoms in total. The first-order valence-electron chi connectivity index (χ1n) is 8.19. The molecule has 148 valence electrons. The zero-order chi connectivity index (χ0) is 20.7. The normalized spacial score (nSPS) is 19.2. The molecular formula is C19H15Cl2F3N2O2. The van der Waals surface area contributed by atoms with Gasteiger partial charge in [-0.3, -0.25) is 4.79 Å². The van der Waals surface area contributed by atoms with Crippen LogP contribution in [0.1, 0.15) is 30.0 Å². The summed E-state index contributed by atoms with van der Waals surface area (Å²) in [6.07, 6.45) is -5.29. The van der Waals surface area contributed by atoms with E-state index in [2.05, 4.69) is 10.5 Å². The molecule has 0 spiro atoms. The molecule has 1 N–H and O–H groups in total. The number of oxime groups is 1. The van der Waals surface area contributed by atoms with E-state index in [1.165, 1.54) is 19.1 Å². The second-order valence-electron chi connectivity index (χ2n) is 6.47. The summed E-state index contributed by atoms with van der Waals surface area (Å²) in [5.74, 6) is -0.287. The smallest absolute Gasteiger partial charge is 0.374 e. The molecule has 0 bridgehead atoms. The van der Waals surface area contributed by atoms with Crippen molar-refractivity contribution >= 4 is 40.5 Å². The highest BCUT2D eigenvalue weighted by Crippen LogP contribution is 2.49. The fraction of sp³-hybridized carbons (Fsp3) is 0.263. The molecule has 0 aromatic heterocycles. The molecule has 9 heteroatoms. The fourth-order valence-electron chi connectivity index (χ4n) is 2.93. The number of halogens is 5. The van der Waals surface area contributed by atoms with Crippen LogP contribution in [0.25, 0.3) is 0 Å². The van der Waals surface area contributed by atoms with Crippen molar-refractivity contribution in [3.8, 4) is 0 Å². The number of nitrogens with one attached hydrogen (secondary N) is 1. The summed E-state index contributed by atoms with van der Waals surface area (Å²) in [4.78, 5) is 16.3. The summed E-state index contributed by atoms with van der Waals surface area (Å²) in [5.41, 5.74) is -1.08. The first-order valence-corrected chi connectivity index (χ1v) is 8.95. The maximum Gasteiger partial charge on any atom is 0.435 e. The molecule has 1 amide bonds. The van der Waals surface area contributed by atoms with E-state index in [0.29, 0.717) is 11.3 Å². The Balaban J connectivity index is 2.00. The van der Waals surface area contributed by atoms with Gasteiger partial charge >= 0.3 is 6.18 Å². The van der Waals surface area contributed by atoms with Gasteiger partial charge in [-0.25, -0.2) is 0 Å². The molecule has 1 atom stereocenters. The number of rotatable bonds is 3. The topological polar surface area (TPSA) is 50.7 Å². The molecule has 0 saturated heterocycles. The van der Waals surface area contributed by atoms with Gasteiger partial charge in [-0.15, -0.1) is 0 Å². The second kappa shape index (κ2) is 7.29. The van der Waals surface area contributed by atoms with Crippen LogP contribution in [0.5, 0.6) is 0 Å². The zero-order valence-electron chi connectivity index (χ0n) is 14.8. The molecule has 0 radical (unpaired) electrons. The van der Waals surface area contributed by atoms with Gasteiger partial charge in [-0.2, -0.15) is 13.2 Å². The third-order valence-corrected chi connectivity index (χ3v) is 5.19. The summed E-state index contributed by atoms with van der Waals surface area (Å²) in [6, 6.07) is 8.53. The molecule has 2 aromatic carbocycles. The Bertz CT molecular complexity index is 976. The predicted molar refractivity (Wildman–Crippen MR) is 102 cm³/mol. The Morgan fingerprint density at radius 3 is 2.50 bits per heavy atom. The van der Waals surface area contributed by atoms with Crippen LogP contribution < -0.4 is 5.32 Å². The summed E-state index contributed by atoms with van der Waals surface area (Å²) in [5, 5.41) is 6.48. The van der Waals surface area contributed by atoms with Crippen LogP contribution in [0.4, 0.5) is 18.9 Å². The molecule has 0 saturated carbocycles. The molecule has 0 aliphatic carbocycles. The third kappa shape index (κ3) is 3.69. The van der Waals surface area contributed by atoms with Crippen LogP contribution in [0, 0.1) is 6.92 Å². The van der Waals surface area contributed by atoms with E-state index >= 15 is 0 Å². The lowest BCUT2D eigenvalue weighted by molar-refractivity contribution is -0.275.